The highest BCUT2D eigenvalue weighted by Gasteiger charge is 2.21. The first-order chi connectivity index (χ1) is 14.2. The molecule has 29 heavy (non-hydrogen) atoms. The van der Waals surface area contributed by atoms with E-state index < -0.39 is 0 Å². The molecule has 0 unspecified atom stereocenters. The van der Waals surface area contributed by atoms with Crippen LogP contribution in [0.5, 0.6) is 0 Å². The van der Waals surface area contributed by atoms with Crippen LogP contribution in [0, 0.1) is 0 Å². The average molecular weight is 405 g/mol. The summed E-state index contributed by atoms with van der Waals surface area (Å²) in [5, 5.41) is 4.18. The maximum atomic E-state index is 12.0. The number of anilines is 1. The topological polar surface area (TPSA) is 88.0 Å². The summed E-state index contributed by atoms with van der Waals surface area (Å²) >= 11 is 6.47. The van der Waals surface area contributed by atoms with Crippen LogP contribution in [-0.4, -0.2) is 26.1 Å². The molecule has 144 valence electrons. The minimum absolute atomic E-state index is 0.183. The molecule has 3 aliphatic rings. The lowest BCUT2D eigenvalue weighted by Crippen LogP contribution is -2.25. The van der Waals surface area contributed by atoms with Crippen molar-refractivity contribution in [2.75, 3.05) is 11.9 Å². The van der Waals surface area contributed by atoms with Crippen molar-refractivity contribution in [2.24, 2.45) is 4.99 Å². The van der Waals surface area contributed by atoms with E-state index in [2.05, 4.69) is 29.8 Å². The molecule has 5 rings (SSSR count). The third kappa shape index (κ3) is 3.19. The molecule has 2 N–H and O–H groups in total. The molecule has 1 aromatic carbocycles. The largest absolute Gasteiger partial charge is 0.371 e. The minimum Gasteiger partial charge on any atom is -0.371 e. The highest BCUT2D eigenvalue weighted by molar-refractivity contribution is 6.33. The molecule has 4 heterocycles. The van der Waals surface area contributed by atoms with E-state index in [1.807, 2.05) is 30.3 Å². The number of aromatic amines is 1. The summed E-state index contributed by atoms with van der Waals surface area (Å²) in [6.45, 7) is 1.70. The smallest absolute Gasteiger partial charge is 0.252 e. The number of hydrogen-bond donors (Lipinski definition) is 2. The number of nitrogens with zero attached hydrogens (tertiary/aromatic N) is 4. The second kappa shape index (κ2) is 7.18. The minimum atomic E-state index is -0.183. The Hall–Kier alpha value is -3.45. The van der Waals surface area contributed by atoms with Crippen LogP contribution in [-0.2, 0) is 6.54 Å². The van der Waals surface area contributed by atoms with E-state index in [-0.39, 0.29) is 16.7 Å². The lowest BCUT2D eigenvalue weighted by atomic mass is 10.0. The number of rotatable bonds is 2. The molecular formula is C21H17ClN6O. The third-order valence-electron chi connectivity index (χ3n) is 4.90. The predicted molar refractivity (Wildman–Crippen MR) is 112 cm³/mol. The fourth-order valence-corrected chi connectivity index (χ4v) is 3.80. The summed E-state index contributed by atoms with van der Waals surface area (Å²) in [6.07, 6.45) is 5.82. The summed E-state index contributed by atoms with van der Waals surface area (Å²) in [5.74, 6) is 1.74. The lowest BCUT2D eigenvalue weighted by molar-refractivity contribution is 0.621. The van der Waals surface area contributed by atoms with Gasteiger partial charge in [-0.3, -0.25) is 4.79 Å². The third-order valence-corrected chi connectivity index (χ3v) is 5.23. The van der Waals surface area contributed by atoms with Crippen LogP contribution in [0.3, 0.4) is 0 Å². The second-order valence-electron chi connectivity index (χ2n) is 6.77. The summed E-state index contributed by atoms with van der Waals surface area (Å²) < 4.78 is 2.13. The summed E-state index contributed by atoms with van der Waals surface area (Å²) in [4.78, 5) is 28.1. The molecule has 0 amide bonds. The highest BCUT2D eigenvalue weighted by Crippen LogP contribution is 2.38. The van der Waals surface area contributed by atoms with Gasteiger partial charge in [0.15, 0.2) is 0 Å². The zero-order valence-corrected chi connectivity index (χ0v) is 16.1. The average Bonchev–Trinajstić information content (AvgIpc) is 2.75. The van der Waals surface area contributed by atoms with E-state index in [1.54, 1.807) is 18.6 Å². The fraction of sp³-hybridized carbons (Fsp3) is 0.143. The van der Waals surface area contributed by atoms with Gasteiger partial charge in [0.05, 0.1) is 0 Å². The van der Waals surface area contributed by atoms with E-state index in [1.165, 1.54) is 6.07 Å². The molecule has 2 aromatic rings. The number of H-pyrrole nitrogens is 1. The van der Waals surface area contributed by atoms with Crippen LogP contribution >= 0.6 is 11.6 Å². The van der Waals surface area contributed by atoms with Gasteiger partial charge in [-0.2, -0.15) is 4.98 Å². The van der Waals surface area contributed by atoms with Gasteiger partial charge in [-0.05, 0) is 18.6 Å². The van der Waals surface area contributed by atoms with E-state index >= 15 is 0 Å². The molecule has 0 spiro atoms. The zero-order valence-electron chi connectivity index (χ0n) is 15.4. The van der Waals surface area contributed by atoms with Crippen molar-refractivity contribution in [3.8, 4) is 22.5 Å². The van der Waals surface area contributed by atoms with Gasteiger partial charge < -0.3 is 14.9 Å². The quantitative estimate of drug-likeness (QED) is 0.535. The van der Waals surface area contributed by atoms with Crippen molar-refractivity contribution < 1.29 is 0 Å². The van der Waals surface area contributed by atoms with Gasteiger partial charge in [0, 0.05) is 59.5 Å². The number of halogens is 1. The summed E-state index contributed by atoms with van der Waals surface area (Å²) in [5.41, 5.74) is 3.19. The number of benzene rings is 1. The predicted octanol–water partition coefficient (Wildman–Crippen LogP) is 3.44. The molecule has 3 aliphatic heterocycles. The Bertz CT molecular complexity index is 1310. The molecule has 0 radical (unpaired) electrons. The van der Waals surface area contributed by atoms with E-state index in [4.69, 9.17) is 11.6 Å². The number of pyridine rings is 2. The van der Waals surface area contributed by atoms with E-state index in [9.17, 15) is 4.79 Å². The van der Waals surface area contributed by atoms with Crippen molar-refractivity contribution in [3.63, 3.8) is 0 Å². The molecule has 0 bridgehead atoms. The van der Waals surface area contributed by atoms with Gasteiger partial charge in [-0.1, -0.05) is 29.8 Å². The molecule has 0 fully saturated rings. The SMILES string of the molecule is O=c1cc[nH]cc1N=c1ncc2cc(-c3ccccc3Cl)c3n(c-2n1)CCCN3. The molecule has 0 saturated heterocycles. The number of nitrogens with one attached hydrogen (secondary N) is 2. The van der Waals surface area contributed by atoms with Gasteiger partial charge in [0.1, 0.15) is 17.3 Å². The molecule has 1 aromatic heterocycles. The maximum Gasteiger partial charge on any atom is 0.252 e. The van der Waals surface area contributed by atoms with Gasteiger partial charge in [0.2, 0.25) is 5.43 Å². The number of hydrogen-bond acceptors (Lipinski definition) is 5. The Kier molecular flexibility index (Phi) is 4.37. The Balaban J connectivity index is 1.75. The molecular weight excluding hydrogens is 388 g/mol. The van der Waals surface area contributed by atoms with Crippen LogP contribution in [0.2, 0.25) is 5.02 Å². The molecule has 7 nitrogen and oxygen atoms in total. The first-order valence-electron chi connectivity index (χ1n) is 9.32. The van der Waals surface area contributed by atoms with Crippen molar-refractivity contribution in [1.82, 2.24) is 19.5 Å². The maximum absolute atomic E-state index is 12.0. The number of fused-ring (bicyclic) bond motifs is 3. The van der Waals surface area contributed by atoms with Crippen LogP contribution in [0.1, 0.15) is 6.42 Å². The van der Waals surface area contributed by atoms with Gasteiger partial charge >= 0.3 is 0 Å². The van der Waals surface area contributed by atoms with Crippen LogP contribution in [0.15, 0.2) is 64.8 Å². The van der Waals surface area contributed by atoms with E-state index in [0.29, 0.717) is 5.02 Å². The van der Waals surface area contributed by atoms with Crippen molar-refractivity contribution in [2.45, 2.75) is 13.0 Å². The zero-order chi connectivity index (χ0) is 19.8. The Morgan fingerprint density at radius 2 is 2.07 bits per heavy atom. The summed E-state index contributed by atoms with van der Waals surface area (Å²) in [7, 11) is 0. The van der Waals surface area contributed by atoms with Crippen LogP contribution in [0.25, 0.3) is 22.5 Å². The Morgan fingerprint density at radius 1 is 1.17 bits per heavy atom. The van der Waals surface area contributed by atoms with Crippen LogP contribution < -0.4 is 16.4 Å². The standard InChI is InChI=1S/C21H17ClN6O/c22-16-5-2-1-4-14(16)15-10-13-11-25-21(26-17-12-23-8-6-18(17)29)27-19(13)28-9-3-7-24-20(15)28/h1-2,4-6,8,10-12,24H,3,7,9H2,(H,23,29). The number of aromatic nitrogens is 4. The molecule has 8 heteroatoms. The molecule has 0 saturated carbocycles. The van der Waals surface area contributed by atoms with Crippen molar-refractivity contribution in [1.29, 1.82) is 0 Å². The van der Waals surface area contributed by atoms with E-state index in [0.717, 1.165) is 47.8 Å². The van der Waals surface area contributed by atoms with Crippen molar-refractivity contribution in [3.05, 3.63) is 75.9 Å². The fourth-order valence-electron chi connectivity index (χ4n) is 3.56. The molecule has 0 aliphatic carbocycles. The monoisotopic (exact) mass is 404 g/mol. The first kappa shape index (κ1) is 17.6. The van der Waals surface area contributed by atoms with Crippen LogP contribution in [0.4, 0.5) is 11.5 Å². The Morgan fingerprint density at radius 3 is 2.93 bits per heavy atom. The van der Waals surface area contributed by atoms with Gasteiger partial charge in [-0.15, -0.1) is 0 Å². The van der Waals surface area contributed by atoms with Crippen molar-refractivity contribution >= 4 is 23.1 Å². The van der Waals surface area contributed by atoms with Gasteiger partial charge in [0.25, 0.3) is 5.62 Å². The normalized spacial score (nSPS) is 13.9. The Labute approximate surface area is 171 Å². The first-order valence-corrected chi connectivity index (χ1v) is 9.70. The molecule has 0 atom stereocenters. The highest BCUT2D eigenvalue weighted by atomic mass is 35.5. The lowest BCUT2D eigenvalue weighted by Gasteiger charge is -2.27. The summed E-state index contributed by atoms with van der Waals surface area (Å²) in [6, 6.07) is 11.3. The second-order valence-corrected chi connectivity index (χ2v) is 7.18. The van der Waals surface area contributed by atoms with Gasteiger partial charge in [-0.25, -0.2) is 9.98 Å².